The molecule has 0 atom stereocenters. The maximum absolute atomic E-state index is 12.2. The molecular weight excluding hydrogens is 294 g/mol. The van der Waals surface area contributed by atoms with Crippen molar-refractivity contribution in [2.24, 2.45) is 0 Å². The number of aromatic amines is 1. The fourth-order valence-electron chi connectivity index (χ4n) is 2.43. The molecule has 0 unspecified atom stereocenters. The summed E-state index contributed by atoms with van der Waals surface area (Å²) in [6.07, 6.45) is 2.65. The number of hydrogen-bond donors (Lipinski definition) is 1. The van der Waals surface area contributed by atoms with Gasteiger partial charge in [-0.2, -0.15) is 0 Å². The Morgan fingerprint density at radius 3 is 2.78 bits per heavy atom. The first-order valence-electron chi connectivity index (χ1n) is 7.10. The Hall–Kier alpha value is -3.08. The molecule has 5 nitrogen and oxygen atoms in total. The molecular formula is C18H15NO4. The van der Waals surface area contributed by atoms with Crippen molar-refractivity contribution in [2.45, 2.75) is 6.42 Å². The lowest BCUT2D eigenvalue weighted by Crippen LogP contribution is -2.11. The van der Waals surface area contributed by atoms with E-state index < -0.39 is 5.97 Å². The summed E-state index contributed by atoms with van der Waals surface area (Å²) < 4.78 is 10.5. The SMILES string of the molecule is COc1cc(C=O)ccc1OC(=O)Cc1c[nH]c2ccccc12. The molecule has 1 heterocycles. The number of H-pyrrole nitrogens is 1. The van der Waals surface area contributed by atoms with E-state index >= 15 is 0 Å². The summed E-state index contributed by atoms with van der Waals surface area (Å²) in [7, 11) is 1.46. The first-order chi connectivity index (χ1) is 11.2. The van der Waals surface area contributed by atoms with Gasteiger partial charge in [0.1, 0.15) is 6.29 Å². The van der Waals surface area contributed by atoms with E-state index in [4.69, 9.17) is 9.47 Å². The van der Waals surface area contributed by atoms with Crippen molar-refractivity contribution in [3.05, 3.63) is 59.8 Å². The number of esters is 1. The van der Waals surface area contributed by atoms with Crippen LogP contribution in [0, 0.1) is 0 Å². The van der Waals surface area contributed by atoms with E-state index in [1.54, 1.807) is 18.3 Å². The number of aromatic nitrogens is 1. The predicted molar refractivity (Wildman–Crippen MR) is 86.0 cm³/mol. The van der Waals surface area contributed by atoms with Crippen LogP contribution in [-0.2, 0) is 11.2 Å². The van der Waals surface area contributed by atoms with Crippen LogP contribution in [0.5, 0.6) is 11.5 Å². The second-order valence-corrected chi connectivity index (χ2v) is 5.04. The van der Waals surface area contributed by atoms with Gasteiger partial charge in [-0.05, 0) is 29.8 Å². The number of aldehydes is 1. The standard InChI is InChI=1S/C18H15NO4/c1-22-17-8-12(11-20)6-7-16(17)23-18(21)9-13-10-19-15-5-3-2-4-14(13)15/h2-8,10-11,19H,9H2,1H3. The van der Waals surface area contributed by atoms with E-state index in [1.165, 1.54) is 13.2 Å². The van der Waals surface area contributed by atoms with Crippen LogP contribution in [0.3, 0.4) is 0 Å². The smallest absolute Gasteiger partial charge is 0.315 e. The highest BCUT2D eigenvalue weighted by atomic mass is 16.6. The highest BCUT2D eigenvalue weighted by Gasteiger charge is 2.13. The maximum atomic E-state index is 12.2. The van der Waals surface area contributed by atoms with E-state index in [-0.39, 0.29) is 6.42 Å². The van der Waals surface area contributed by atoms with E-state index in [2.05, 4.69) is 4.98 Å². The number of carbonyl (C=O) groups excluding carboxylic acids is 2. The van der Waals surface area contributed by atoms with Gasteiger partial charge in [-0.15, -0.1) is 0 Å². The van der Waals surface area contributed by atoms with Crippen LogP contribution in [0.1, 0.15) is 15.9 Å². The topological polar surface area (TPSA) is 68.4 Å². The van der Waals surface area contributed by atoms with E-state index in [0.29, 0.717) is 23.3 Å². The molecule has 1 N–H and O–H groups in total. The highest BCUT2D eigenvalue weighted by Crippen LogP contribution is 2.28. The van der Waals surface area contributed by atoms with E-state index in [9.17, 15) is 9.59 Å². The molecule has 0 aliphatic heterocycles. The number of rotatable bonds is 5. The number of carbonyl (C=O) groups is 2. The van der Waals surface area contributed by atoms with Crippen molar-refractivity contribution < 1.29 is 19.1 Å². The minimum absolute atomic E-state index is 0.141. The molecule has 2 aromatic carbocycles. The Morgan fingerprint density at radius 1 is 1.17 bits per heavy atom. The first-order valence-corrected chi connectivity index (χ1v) is 7.10. The molecule has 0 saturated carbocycles. The monoisotopic (exact) mass is 309 g/mol. The zero-order chi connectivity index (χ0) is 16.2. The minimum atomic E-state index is -0.396. The molecule has 23 heavy (non-hydrogen) atoms. The zero-order valence-electron chi connectivity index (χ0n) is 12.5. The fourth-order valence-corrected chi connectivity index (χ4v) is 2.43. The summed E-state index contributed by atoms with van der Waals surface area (Å²) in [5.74, 6) is 0.247. The van der Waals surface area contributed by atoms with E-state index in [0.717, 1.165) is 16.5 Å². The fraction of sp³-hybridized carbons (Fsp3) is 0.111. The van der Waals surface area contributed by atoms with Gasteiger partial charge in [-0.3, -0.25) is 9.59 Å². The van der Waals surface area contributed by atoms with Crippen LogP contribution in [0.15, 0.2) is 48.7 Å². The van der Waals surface area contributed by atoms with Crippen LogP contribution in [0.4, 0.5) is 0 Å². The largest absolute Gasteiger partial charge is 0.493 e. The normalized spacial score (nSPS) is 10.5. The van der Waals surface area contributed by atoms with Gasteiger partial charge in [-0.1, -0.05) is 18.2 Å². The van der Waals surface area contributed by atoms with Crippen LogP contribution < -0.4 is 9.47 Å². The maximum Gasteiger partial charge on any atom is 0.315 e. The third-order valence-electron chi connectivity index (χ3n) is 3.56. The van der Waals surface area contributed by atoms with Gasteiger partial charge >= 0.3 is 5.97 Å². The van der Waals surface area contributed by atoms with Crippen molar-refractivity contribution in [3.8, 4) is 11.5 Å². The van der Waals surface area contributed by atoms with Crippen LogP contribution >= 0.6 is 0 Å². The number of nitrogens with one attached hydrogen (secondary N) is 1. The summed E-state index contributed by atoms with van der Waals surface area (Å²) in [5.41, 5.74) is 2.30. The molecule has 116 valence electrons. The van der Waals surface area contributed by atoms with Crippen molar-refractivity contribution in [2.75, 3.05) is 7.11 Å². The van der Waals surface area contributed by atoms with Crippen LogP contribution in [0.25, 0.3) is 10.9 Å². The van der Waals surface area contributed by atoms with Gasteiger partial charge in [0, 0.05) is 22.7 Å². The Balaban J connectivity index is 1.78. The molecule has 0 aliphatic carbocycles. The summed E-state index contributed by atoms with van der Waals surface area (Å²) in [5, 5.41) is 0.993. The van der Waals surface area contributed by atoms with Gasteiger partial charge < -0.3 is 14.5 Å². The second kappa shape index (κ2) is 6.36. The number of benzene rings is 2. The molecule has 0 bridgehead atoms. The van der Waals surface area contributed by atoms with Crippen LogP contribution in [0.2, 0.25) is 0 Å². The molecule has 3 rings (SSSR count). The molecule has 0 radical (unpaired) electrons. The van der Waals surface area contributed by atoms with Crippen molar-refractivity contribution in [1.29, 1.82) is 0 Å². The lowest BCUT2D eigenvalue weighted by molar-refractivity contribution is -0.133. The third kappa shape index (κ3) is 3.08. The van der Waals surface area contributed by atoms with Crippen LogP contribution in [-0.4, -0.2) is 24.3 Å². The Bertz CT molecular complexity index is 866. The lowest BCUT2D eigenvalue weighted by atomic mass is 10.1. The minimum Gasteiger partial charge on any atom is -0.493 e. The van der Waals surface area contributed by atoms with Crippen molar-refractivity contribution >= 4 is 23.2 Å². The number of ether oxygens (including phenoxy) is 2. The molecule has 3 aromatic rings. The lowest BCUT2D eigenvalue weighted by Gasteiger charge is -2.09. The molecule has 0 fully saturated rings. The summed E-state index contributed by atoms with van der Waals surface area (Å²) in [6.45, 7) is 0. The molecule has 5 heteroatoms. The quantitative estimate of drug-likeness (QED) is 0.446. The Labute approximate surface area is 132 Å². The van der Waals surface area contributed by atoms with Gasteiger partial charge in [0.2, 0.25) is 0 Å². The summed E-state index contributed by atoms with van der Waals surface area (Å²) in [6, 6.07) is 12.4. The summed E-state index contributed by atoms with van der Waals surface area (Å²) >= 11 is 0. The molecule has 0 spiro atoms. The molecule has 1 aromatic heterocycles. The van der Waals surface area contributed by atoms with Gasteiger partial charge in [-0.25, -0.2) is 0 Å². The average molecular weight is 309 g/mol. The highest BCUT2D eigenvalue weighted by molar-refractivity contribution is 5.88. The Morgan fingerprint density at radius 2 is 2.00 bits per heavy atom. The van der Waals surface area contributed by atoms with Gasteiger partial charge in [0.05, 0.1) is 13.5 Å². The molecule has 0 aliphatic rings. The number of methoxy groups -OCH3 is 1. The molecule has 0 saturated heterocycles. The average Bonchev–Trinajstić information content (AvgIpc) is 2.98. The number of hydrogen-bond acceptors (Lipinski definition) is 4. The Kier molecular flexibility index (Phi) is 4.10. The first kappa shape index (κ1) is 14.8. The summed E-state index contributed by atoms with van der Waals surface area (Å²) in [4.78, 5) is 26.1. The molecule has 0 amide bonds. The van der Waals surface area contributed by atoms with E-state index in [1.807, 2.05) is 24.3 Å². The third-order valence-corrected chi connectivity index (χ3v) is 3.56. The van der Waals surface area contributed by atoms with Gasteiger partial charge in [0.15, 0.2) is 11.5 Å². The van der Waals surface area contributed by atoms with Gasteiger partial charge in [0.25, 0.3) is 0 Å². The van der Waals surface area contributed by atoms with Crippen molar-refractivity contribution in [1.82, 2.24) is 4.98 Å². The number of para-hydroxylation sites is 1. The van der Waals surface area contributed by atoms with Crippen molar-refractivity contribution in [3.63, 3.8) is 0 Å². The zero-order valence-corrected chi connectivity index (χ0v) is 12.5. The second-order valence-electron chi connectivity index (χ2n) is 5.04. The number of fused-ring (bicyclic) bond motifs is 1. The predicted octanol–water partition coefficient (Wildman–Crippen LogP) is 3.14.